The number of hydrogen-bond donors (Lipinski definition) is 0. The van der Waals surface area contributed by atoms with Crippen LogP contribution in [-0.2, 0) is 5.41 Å². The van der Waals surface area contributed by atoms with Crippen LogP contribution in [-0.4, -0.2) is 4.98 Å². The third kappa shape index (κ3) is 3.97. The first-order valence-electron chi connectivity index (χ1n) is 8.26. The van der Waals surface area contributed by atoms with Gasteiger partial charge in [0.2, 0.25) is 0 Å². The zero-order chi connectivity index (χ0) is 17.1. The van der Waals surface area contributed by atoms with E-state index in [4.69, 9.17) is 4.98 Å². The van der Waals surface area contributed by atoms with Crippen LogP contribution in [0.15, 0.2) is 24.3 Å². The molecule has 0 bridgehead atoms. The highest BCUT2D eigenvalue weighted by Gasteiger charge is 2.19. The lowest BCUT2D eigenvalue weighted by atomic mass is 9.83. The summed E-state index contributed by atoms with van der Waals surface area (Å²) in [6, 6.07) is 8.84. The fourth-order valence-corrected chi connectivity index (χ4v) is 2.56. The van der Waals surface area contributed by atoms with Crippen LogP contribution in [0.1, 0.15) is 62.6 Å². The van der Waals surface area contributed by atoms with Gasteiger partial charge in [-0.25, -0.2) is 0 Å². The molecule has 0 aliphatic rings. The number of hydrogen-bond acceptors (Lipinski definition) is 1. The predicted molar refractivity (Wildman–Crippen MR) is 98.7 cm³/mol. The van der Waals surface area contributed by atoms with Gasteiger partial charge in [0.1, 0.15) is 0 Å². The Bertz CT molecular complexity index is 646. The Hall–Kier alpha value is -1.63. The molecule has 2 rings (SSSR count). The molecule has 1 heterocycles. The van der Waals surface area contributed by atoms with Gasteiger partial charge in [0.25, 0.3) is 0 Å². The van der Waals surface area contributed by atoms with Gasteiger partial charge in [0.15, 0.2) is 0 Å². The first kappa shape index (κ1) is 18.4. The molecule has 0 aliphatic carbocycles. The Morgan fingerprint density at radius 1 is 0.818 bits per heavy atom. The van der Waals surface area contributed by atoms with Crippen molar-refractivity contribution in [3.8, 4) is 11.3 Å². The molecule has 0 aliphatic heterocycles. The summed E-state index contributed by atoms with van der Waals surface area (Å²) in [4.78, 5) is 4.79. The van der Waals surface area contributed by atoms with Crippen LogP contribution < -0.4 is 0 Å². The van der Waals surface area contributed by atoms with Gasteiger partial charge in [-0.3, -0.25) is 4.98 Å². The highest BCUT2D eigenvalue weighted by molar-refractivity contribution is 5.63. The molecule has 0 N–H and O–H groups in total. The summed E-state index contributed by atoms with van der Waals surface area (Å²) < 4.78 is 0. The fourth-order valence-electron chi connectivity index (χ4n) is 2.56. The summed E-state index contributed by atoms with van der Waals surface area (Å²) in [5.74, 6) is 0. The van der Waals surface area contributed by atoms with Gasteiger partial charge in [-0.15, -0.1) is 0 Å². The van der Waals surface area contributed by atoms with E-state index in [2.05, 4.69) is 72.7 Å². The topological polar surface area (TPSA) is 12.9 Å². The third-order valence-electron chi connectivity index (χ3n) is 4.13. The van der Waals surface area contributed by atoms with Crippen molar-refractivity contribution >= 4 is 0 Å². The molecular formula is C21H31N. The van der Waals surface area contributed by atoms with Gasteiger partial charge in [0.05, 0.1) is 5.69 Å². The lowest BCUT2D eigenvalue weighted by Crippen LogP contribution is -2.15. The second kappa shape index (κ2) is 7.09. The quantitative estimate of drug-likeness (QED) is 0.601. The molecule has 0 spiro atoms. The SMILES string of the molecule is CC.Cc1ccc(-c2cc(C(C)(C)C)c(C)c(C)n2)cc1C. The Morgan fingerprint density at radius 2 is 1.41 bits per heavy atom. The Kier molecular flexibility index (Phi) is 5.93. The minimum Gasteiger partial charge on any atom is -0.253 e. The lowest BCUT2D eigenvalue weighted by molar-refractivity contribution is 0.584. The van der Waals surface area contributed by atoms with Crippen LogP contribution in [0.5, 0.6) is 0 Å². The molecule has 1 nitrogen and oxygen atoms in total. The summed E-state index contributed by atoms with van der Waals surface area (Å²) >= 11 is 0. The number of pyridine rings is 1. The summed E-state index contributed by atoms with van der Waals surface area (Å²) in [5.41, 5.74) is 8.91. The molecule has 120 valence electrons. The third-order valence-corrected chi connectivity index (χ3v) is 4.13. The highest BCUT2D eigenvalue weighted by atomic mass is 14.7. The first-order chi connectivity index (χ1) is 10.2. The number of benzene rings is 1. The largest absolute Gasteiger partial charge is 0.253 e. The van der Waals surface area contributed by atoms with E-state index in [1.54, 1.807) is 0 Å². The van der Waals surface area contributed by atoms with Crippen LogP contribution in [0.25, 0.3) is 11.3 Å². The first-order valence-corrected chi connectivity index (χ1v) is 8.26. The molecule has 2 aromatic rings. The summed E-state index contributed by atoms with van der Waals surface area (Å²) in [6.07, 6.45) is 0. The van der Waals surface area contributed by atoms with E-state index in [0.717, 1.165) is 11.4 Å². The molecule has 22 heavy (non-hydrogen) atoms. The molecule has 1 aromatic carbocycles. The van der Waals surface area contributed by atoms with Crippen molar-refractivity contribution in [2.24, 2.45) is 0 Å². The minimum atomic E-state index is 0.145. The smallest absolute Gasteiger partial charge is 0.0708 e. The fraction of sp³-hybridized carbons (Fsp3) is 0.476. The van der Waals surface area contributed by atoms with E-state index in [-0.39, 0.29) is 5.41 Å². The van der Waals surface area contributed by atoms with Gasteiger partial charge >= 0.3 is 0 Å². The van der Waals surface area contributed by atoms with E-state index in [1.807, 2.05) is 13.8 Å². The highest BCUT2D eigenvalue weighted by Crippen LogP contribution is 2.31. The van der Waals surface area contributed by atoms with Crippen molar-refractivity contribution in [3.63, 3.8) is 0 Å². The number of nitrogens with zero attached hydrogens (tertiary/aromatic N) is 1. The van der Waals surface area contributed by atoms with Crippen LogP contribution in [0.2, 0.25) is 0 Å². The average Bonchev–Trinajstić information content (AvgIpc) is 2.45. The van der Waals surface area contributed by atoms with Crippen LogP contribution in [0.4, 0.5) is 0 Å². The van der Waals surface area contributed by atoms with E-state index < -0.39 is 0 Å². The van der Waals surface area contributed by atoms with Crippen molar-refractivity contribution in [2.45, 2.75) is 67.7 Å². The normalized spacial score (nSPS) is 11.0. The van der Waals surface area contributed by atoms with E-state index in [9.17, 15) is 0 Å². The Balaban J connectivity index is 0.00000116. The van der Waals surface area contributed by atoms with Crippen LogP contribution in [0.3, 0.4) is 0 Å². The predicted octanol–water partition coefficient (Wildman–Crippen LogP) is 6.31. The van der Waals surface area contributed by atoms with Gasteiger partial charge in [0, 0.05) is 11.3 Å². The van der Waals surface area contributed by atoms with E-state index >= 15 is 0 Å². The van der Waals surface area contributed by atoms with Crippen molar-refractivity contribution in [3.05, 3.63) is 52.2 Å². The standard InChI is InChI=1S/C19H25N.C2H6/c1-12-8-9-16(10-13(12)2)18-11-17(19(5,6)7)14(3)15(4)20-18;1-2/h8-11H,1-7H3;1-2H3. The molecule has 0 saturated heterocycles. The van der Waals surface area contributed by atoms with Crippen molar-refractivity contribution in [2.75, 3.05) is 0 Å². The second-order valence-electron chi connectivity index (χ2n) is 6.81. The molecule has 0 radical (unpaired) electrons. The number of rotatable bonds is 1. The summed E-state index contributed by atoms with van der Waals surface area (Å²) in [5, 5.41) is 0. The molecular weight excluding hydrogens is 266 g/mol. The average molecular weight is 297 g/mol. The van der Waals surface area contributed by atoms with Crippen LogP contribution >= 0.6 is 0 Å². The van der Waals surface area contributed by atoms with Gasteiger partial charge in [-0.2, -0.15) is 0 Å². The van der Waals surface area contributed by atoms with Gasteiger partial charge in [-0.1, -0.05) is 46.8 Å². The van der Waals surface area contributed by atoms with Crippen molar-refractivity contribution < 1.29 is 0 Å². The molecule has 0 fully saturated rings. The zero-order valence-electron chi connectivity index (χ0n) is 15.8. The van der Waals surface area contributed by atoms with Crippen molar-refractivity contribution in [1.82, 2.24) is 4.98 Å². The van der Waals surface area contributed by atoms with Crippen LogP contribution in [0, 0.1) is 27.7 Å². The second-order valence-corrected chi connectivity index (χ2v) is 6.81. The van der Waals surface area contributed by atoms with Crippen molar-refractivity contribution in [1.29, 1.82) is 0 Å². The molecule has 0 atom stereocenters. The summed E-state index contributed by atoms with van der Waals surface area (Å²) in [6.45, 7) is 19.4. The maximum atomic E-state index is 4.79. The maximum absolute atomic E-state index is 4.79. The zero-order valence-corrected chi connectivity index (χ0v) is 15.8. The Morgan fingerprint density at radius 3 is 1.91 bits per heavy atom. The van der Waals surface area contributed by atoms with E-state index in [0.29, 0.717) is 0 Å². The van der Waals surface area contributed by atoms with E-state index in [1.165, 1.54) is 27.8 Å². The maximum Gasteiger partial charge on any atom is 0.0708 e. The Labute approximate surface area is 136 Å². The molecule has 0 saturated carbocycles. The molecule has 1 heteroatoms. The molecule has 0 unspecified atom stereocenters. The lowest BCUT2D eigenvalue weighted by Gasteiger charge is -2.23. The summed E-state index contributed by atoms with van der Waals surface area (Å²) in [7, 11) is 0. The minimum absolute atomic E-state index is 0.145. The number of aromatic nitrogens is 1. The van der Waals surface area contributed by atoms with Gasteiger partial charge in [-0.05, 0) is 67.5 Å². The monoisotopic (exact) mass is 297 g/mol. The van der Waals surface area contributed by atoms with Gasteiger partial charge < -0.3 is 0 Å². The molecule has 0 amide bonds. The number of aryl methyl sites for hydroxylation is 3. The molecule has 1 aromatic heterocycles.